The number of rotatable bonds is 7. The lowest BCUT2D eigenvalue weighted by Gasteiger charge is -2.34. The SMILES string of the molecule is O=C(c1cc(COc2ccc(-n3cncn3)cc2)on1)N1CCN(Cc2cccnc2)CC1. The number of benzene rings is 1. The third kappa shape index (κ3) is 5.07. The monoisotopic (exact) mass is 445 g/mol. The summed E-state index contributed by atoms with van der Waals surface area (Å²) in [4.78, 5) is 25.0. The highest BCUT2D eigenvalue weighted by atomic mass is 16.5. The number of hydrogen-bond donors (Lipinski definition) is 0. The van der Waals surface area contributed by atoms with Crippen molar-refractivity contribution in [2.24, 2.45) is 0 Å². The average molecular weight is 445 g/mol. The summed E-state index contributed by atoms with van der Waals surface area (Å²) in [6.07, 6.45) is 6.76. The molecule has 5 rings (SSSR count). The van der Waals surface area contributed by atoms with Crippen molar-refractivity contribution in [3.63, 3.8) is 0 Å². The van der Waals surface area contributed by atoms with E-state index in [0.29, 0.717) is 30.3 Å². The average Bonchev–Trinajstić information content (AvgIpc) is 3.57. The first kappa shape index (κ1) is 20.8. The van der Waals surface area contributed by atoms with Crippen molar-refractivity contribution in [1.82, 2.24) is 34.7 Å². The van der Waals surface area contributed by atoms with Gasteiger partial charge in [0.1, 0.15) is 25.0 Å². The molecular formula is C23H23N7O3. The summed E-state index contributed by atoms with van der Waals surface area (Å²) < 4.78 is 12.7. The molecule has 1 fully saturated rings. The van der Waals surface area contributed by atoms with E-state index in [1.54, 1.807) is 23.3 Å². The van der Waals surface area contributed by atoms with Crippen LogP contribution in [0, 0.1) is 0 Å². The van der Waals surface area contributed by atoms with Gasteiger partial charge in [0.15, 0.2) is 11.5 Å². The van der Waals surface area contributed by atoms with E-state index in [-0.39, 0.29) is 12.5 Å². The lowest BCUT2D eigenvalue weighted by Crippen LogP contribution is -2.48. The molecular weight excluding hydrogens is 422 g/mol. The smallest absolute Gasteiger partial charge is 0.276 e. The van der Waals surface area contributed by atoms with Crippen LogP contribution in [0.5, 0.6) is 5.75 Å². The molecule has 4 aromatic rings. The van der Waals surface area contributed by atoms with Crippen LogP contribution in [0.25, 0.3) is 5.69 Å². The number of piperazine rings is 1. The number of ether oxygens (including phenoxy) is 1. The Bertz CT molecular complexity index is 1170. The second kappa shape index (κ2) is 9.61. The molecule has 168 valence electrons. The molecule has 33 heavy (non-hydrogen) atoms. The third-order valence-electron chi connectivity index (χ3n) is 5.47. The van der Waals surface area contributed by atoms with E-state index in [0.717, 1.165) is 25.3 Å². The van der Waals surface area contributed by atoms with E-state index >= 15 is 0 Å². The topological polar surface area (TPSA) is 102 Å². The van der Waals surface area contributed by atoms with Gasteiger partial charge in [0, 0.05) is 51.2 Å². The van der Waals surface area contributed by atoms with Gasteiger partial charge in [-0.1, -0.05) is 11.2 Å². The molecule has 3 aromatic heterocycles. The Kier molecular flexibility index (Phi) is 6.07. The molecule has 0 aliphatic carbocycles. The number of carbonyl (C=O) groups is 1. The Morgan fingerprint density at radius 2 is 1.91 bits per heavy atom. The number of amides is 1. The van der Waals surface area contributed by atoms with Crippen LogP contribution in [-0.2, 0) is 13.2 Å². The molecule has 10 nitrogen and oxygen atoms in total. The number of carbonyl (C=O) groups excluding carboxylic acids is 1. The lowest BCUT2D eigenvalue weighted by atomic mass is 10.2. The van der Waals surface area contributed by atoms with E-state index in [9.17, 15) is 4.79 Å². The van der Waals surface area contributed by atoms with Crippen LogP contribution in [-0.4, -0.2) is 66.8 Å². The molecule has 4 heterocycles. The second-order valence-corrected chi connectivity index (χ2v) is 7.73. The fourth-order valence-corrected chi connectivity index (χ4v) is 3.69. The van der Waals surface area contributed by atoms with Gasteiger partial charge in [-0.25, -0.2) is 9.67 Å². The van der Waals surface area contributed by atoms with Gasteiger partial charge in [0.05, 0.1) is 5.69 Å². The van der Waals surface area contributed by atoms with Gasteiger partial charge in [-0.3, -0.25) is 14.7 Å². The first-order valence-corrected chi connectivity index (χ1v) is 10.7. The molecule has 0 saturated carbocycles. The summed E-state index contributed by atoms with van der Waals surface area (Å²) in [6, 6.07) is 13.1. The Morgan fingerprint density at radius 3 is 2.64 bits per heavy atom. The molecule has 1 saturated heterocycles. The highest BCUT2D eigenvalue weighted by Crippen LogP contribution is 2.17. The maximum absolute atomic E-state index is 12.8. The van der Waals surface area contributed by atoms with Gasteiger partial charge in [0.25, 0.3) is 5.91 Å². The van der Waals surface area contributed by atoms with Crippen molar-refractivity contribution >= 4 is 5.91 Å². The number of aromatic nitrogens is 5. The molecule has 0 unspecified atom stereocenters. The first-order valence-electron chi connectivity index (χ1n) is 10.7. The highest BCUT2D eigenvalue weighted by Gasteiger charge is 2.24. The molecule has 10 heteroatoms. The van der Waals surface area contributed by atoms with E-state index in [1.807, 2.05) is 41.4 Å². The summed E-state index contributed by atoms with van der Waals surface area (Å²) in [5, 5.41) is 8.04. The second-order valence-electron chi connectivity index (χ2n) is 7.73. The standard InChI is InChI=1S/C23H23N7O3/c31-23(29-10-8-28(9-11-29)14-18-2-1-7-24-13-18)22-12-21(33-27-22)15-32-20-5-3-19(4-6-20)30-17-25-16-26-30/h1-7,12-13,16-17H,8-11,14-15H2. The quantitative estimate of drug-likeness (QED) is 0.427. The summed E-state index contributed by atoms with van der Waals surface area (Å²) in [7, 11) is 0. The Labute approximate surface area is 190 Å². The first-order chi connectivity index (χ1) is 16.2. The van der Waals surface area contributed by atoms with Gasteiger partial charge in [0.2, 0.25) is 0 Å². The zero-order valence-corrected chi connectivity index (χ0v) is 17.9. The number of pyridine rings is 1. The Hall–Kier alpha value is -4.05. The molecule has 1 aliphatic heterocycles. The highest BCUT2D eigenvalue weighted by molar-refractivity contribution is 5.92. The maximum Gasteiger partial charge on any atom is 0.276 e. The van der Waals surface area contributed by atoms with Crippen LogP contribution in [0.15, 0.2) is 72.0 Å². The van der Waals surface area contributed by atoms with Crippen LogP contribution in [0.1, 0.15) is 21.8 Å². The summed E-state index contributed by atoms with van der Waals surface area (Å²) >= 11 is 0. The molecule has 0 spiro atoms. The van der Waals surface area contributed by atoms with Crippen molar-refractivity contribution in [2.75, 3.05) is 26.2 Å². The Balaban J connectivity index is 1.11. The number of nitrogens with zero attached hydrogens (tertiary/aromatic N) is 7. The van der Waals surface area contributed by atoms with Crippen LogP contribution >= 0.6 is 0 Å². The van der Waals surface area contributed by atoms with Crippen molar-refractivity contribution < 1.29 is 14.1 Å². The van der Waals surface area contributed by atoms with Crippen LogP contribution < -0.4 is 4.74 Å². The minimum atomic E-state index is -0.122. The van der Waals surface area contributed by atoms with Gasteiger partial charge in [-0.2, -0.15) is 5.10 Å². The molecule has 1 aromatic carbocycles. The molecule has 0 N–H and O–H groups in total. The summed E-state index contributed by atoms with van der Waals surface area (Å²) in [5.41, 5.74) is 2.36. The van der Waals surface area contributed by atoms with Crippen molar-refractivity contribution in [1.29, 1.82) is 0 Å². The predicted octanol–water partition coefficient (Wildman–Crippen LogP) is 2.19. The lowest BCUT2D eigenvalue weighted by molar-refractivity contribution is 0.0618. The zero-order chi connectivity index (χ0) is 22.5. The van der Waals surface area contributed by atoms with Crippen LogP contribution in [0.2, 0.25) is 0 Å². The Morgan fingerprint density at radius 1 is 1.06 bits per heavy atom. The zero-order valence-electron chi connectivity index (χ0n) is 17.9. The van der Waals surface area contributed by atoms with Crippen molar-refractivity contribution in [3.05, 3.63) is 84.5 Å². The summed E-state index contributed by atoms with van der Waals surface area (Å²) in [5.74, 6) is 1.05. The fraction of sp³-hybridized carbons (Fsp3) is 0.261. The van der Waals surface area contributed by atoms with E-state index in [2.05, 4.69) is 31.2 Å². The van der Waals surface area contributed by atoms with E-state index in [4.69, 9.17) is 9.26 Å². The van der Waals surface area contributed by atoms with Gasteiger partial charge >= 0.3 is 0 Å². The fourth-order valence-electron chi connectivity index (χ4n) is 3.69. The van der Waals surface area contributed by atoms with Gasteiger partial charge in [-0.15, -0.1) is 0 Å². The normalized spacial score (nSPS) is 14.4. The summed E-state index contributed by atoms with van der Waals surface area (Å²) in [6.45, 7) is 3.92. The van der Waals surface area contributed by atoms with Gasteiger partial charge in [-0.05, 0) is 35.9 Å². The van der Waals surface area contributed by atoms with Gasteiger partial charge < -0.3 is 14.2 Å². The largest absolute Gasteiger partial charge is 0.486 e. The van der Waals surface area contributed by atoms with Crippen LogP contribution in [0.3, 0.4) is 0 Å². The minimum absolute atomic E-state index is 0.122. The molecule has 0 radical (unpaired) electrons. The number of hydrogen-bond acceptors (Lipinski definition) is 8. The van der Waals surface area contributed by atoms with Crippen molar-refractivity contribution in [2.45, 2.75) is 13.2 Å². The molecule has 0 atom stereocenters. The molecule has 1 aliphatic rings. The molecule has 1 amide bonds. The third-order valence-corrected chi connectivity index (χ3v) is 5.47. The maximum atomic E-state index is 12.8. The van der Waals surface area contributed by atoms with E-state index in [1.165, 1.54) is 11.9 Å². The van der Waals surface area contributed by atoms with Crippen molar-refractivity contribution in [3.8, 4) is 11.4 Å². The predicted molar refractivity (Wildman–Crippen MR) is 118 cm³/mol. The van der Waals surface area contributed by atoms with Crippen LogP contribution in [0.4, 0.5) is 0 Å². The van der Waals surface area contributed by atoms with E-state index < -0.39 is 0 Å². The molecule has 0 bridgehead atoms. The minimum Gasteiger partial charge on any atom is -0.486 e.